The predicted octanol–water partition coefficient (Wildman–Crippen LogP) is 0.613. The molecule has 0 spiro atoms. The molecule has 2 rings (SSSR count). The Balaban J connectivity index is 2.82. The summed E-state index contributed by atoms with van der Waals surface area (Å²) in [6.07, 6.45) is 0. The number of esters is 1. The Morgan fingerprint density at radius 3 is 2.79 bits per heavy atom. The number of carbonyl (C=O) groups excluding carboxylic acids is 1. The van der Waals surface area contributed by atoms with Crippen LogP contribution in [0.15, 0.2) is 29.1 Å². The minimum Gasteiger partial charge on any atom is -0.460 e. The van der Waals surface area contributed by atoms with E-state index in [1.165, 1.54) is 12.1 Å². The molecule has 0 radical (unpaired) electrons. The molecule has 0 aliphatic rings. The van der Waals surface area contributed by atoms with Crippen LogP contribution in [-0.2, 0) is 4.74 Å². The second-order valence-electron chi connectivity index (χ2n) is 3.53. The molecule has 98 valence electrons. The van der Waals surface area contributed by atoms with Crippen LogP contribution < -0.4 is 5.56 Å². The van der Waals surface area contributed by atoms with Crippen molar-refractivity contribution in [2.75, 3.05) is 6.61 Å². The highest BCUT2D eigenvalue weighted by molar-refractivity contribution is 5.88. The molecule has 0 aliphatic carbocycles. The molecule has 8 heteroatoms. The third-order valence-corrected chi connectivity index (χ3v) is 2.38. The molecule has 1 aromatic carbocycles. The standard InChI is InChI=1S/C11H9N3O5/c1-2-19-11(16)9-12-8-6-4-3-5-7(8)10(15)13(9)14(17)18/h3-6H,2H2,1H3. The molecule has 2 aromatic rings. The van der Waals surface area contributed by atoms with Crippen molar-refractivity contribution in [1.29, 1.82) is 0 Å². The van der Waals surface area contributed by atoms with E-state index in [1.807, 2.05) is 0 Å². The summed E-state index contributed by atoms with van der Waals surface area (Å²) in [5.41, 5.74) is -0.715. The van der Waals surface area contributed by atoms with Crippen LogP contribution >= 0.6 is 0 Å². The first kappa shape index (κ1) is 12.7. The molecule has 1 heterocycles. The Hall–Kier alpha value is -2.77. The zero-order valence-corrected chi connectivity index (χ0v) is 9.90. The van der Waals surface area contributed by atoms with E-state index in [-0.39, 0.29) is 22.2 Å². The maximum atomic E-state index is 12.0. The molecule has 0 bridgehead atoms. The highest BCUT2D eigenvalue weighted by atomic mass is 16.7. The first-order valence-corrected chi connectivity index (χ1v) is 5.40. The number of benzene rings is 1. The van der Waals surface area contributed by atoms with Crippen LogP contribution in [0.1, 0.15) is 17.5 Å². The molecule has 0 fully saturated rings. The minimum atomic E-state index is -1.01. The van der Waals surface area contributed by atoms with Crippen LogP contribution in [-0.4, -0.2) is 27.3 Å². The number of ether oxygens (including phenoxy) is 1. The van der Waals surface area contributed by atoms with Crippen molar-refractivity contribution in [2.24, 2.45) is 0 Å². The summed E-state index contributed by atoms with van der Waals surface area (Å²) in [6, 6.07) is 6.06. The minimum absolute atomic E-state index is 0.0270. The van der Waals surface area contributed by atoms with E-state index in [9.17, 15) is 19.7 Å². The molecule has 0 atom stereocenters. The normalized spacial score (nSPS) is 10.4. The van der Waals surface area contributed by atoms with Gasteiger partial charge in [0, 0.05) is 4.68 Å². The third kappa shape index (κ3) is 2.15. The van der Waals surface area contributed by atoms with E-state index in [2.05, 4.69) is 9.72 Å². The Labute approximate surface area is 106 Å². The zero-order chi connectivity index (χ0) is 14.0. The molecule has 0 aliphatic heterocycles. The fraction of sp³-hybridized carbons (Fsp3) is 0.182. The zero-order valence-electron chi connectivity index (χ0n) is 9.90. The maximum Gasteiger partial charge on any atom is 0.380 e. The van der Waals surface area contributed by atoms with Crippen LogP contribution in [0, 0.1) is 10.1 Å². The topological polar surface area (TPSA) is 104 Å². The van der Waals surface area contributed by atoms with Gasteiger partial charge < -0.3 is 4.74 Å². The summed E-state index contributed by atoms with van der Waals surface area (Å²) in [4.78, 5) is 38.3. The number of hydrogen-bond donors (Lipinski definition) is 0. The van der Waals surface area contributed by atoms with Gasteiger partial charge in [-0.3, -0.25) is 4.79 Å². The molecule has 0 N–H and O–H groups in total. The van der Waals surface area contributed by atoms with Gasteiger partial charge in [0.1, 0.15) is 0 Å². The van der Waals surface area contributed by atoms with Crippen molar-refractivity contribution in [3.8, 4) is 0 Å². The van der Waals surface area contributed by atoms with Crippen molar-refractivity contribution in [3.05, 3.63) is 50.6 Å². The van der Waals surface area contributed by atoms with Gasteiger partial charge in [0.05, 0.1) is 17.5 Å². The maximum absolute atomic E-state index is 12.0. The molecule has 0 amide bonds. The average Bonchev–Trinajstić information content (AvgIpc) is 2.38. The Morgan fingerprint density at radius 2 is 2.16 bits per heavy atom. The van der Waals surface area contributed by atoms with E-state index in [0.29, 0.717) is 0 Å². The molecule has 8 nitrogen and oxygen atoms in total. The summed E-state index contributed by atoms with van der Waals surface area (Å²) in [7, 11) is 0. The Morgan fingerprint density at radius 1 is 1.47 bits per heavy atom. The van der Waals surface area contributed by atoms with E-state index in [4.69, 9.17) is 0 Å². The second kappa shape index (κ2) is 4.84. The lowest BCUT2D eigenvalue weighted by Crippen LogP contribution is -2.33. The van der Waals surface area contributed by atoms with Gasteiger partial charge in [0.2, 0.25) is 0 Å². The van der Waals surface area contributed by atoms with Gasteiger partial charge in [-0.25, -0.2) is 19.9 Å². The Bertz CT molecular complexity index is 722. The number of carbonyl (C=O) groups is 1. The van der Waals surface area contributed by atoms with Gasteiger partial charge in [-0.2, -0.15) is 0 Å². The van der Waals surface area contributed by atoms with E-state index < -0.39 is 22.4 Å². The van der Waals surface area contributed by atoms with Crippen molar-refractivity contribution in [3.63, 3.8) is 0 Å². The smallest absolute Gasteiger partial charge is 0.380 e. The Kier molecular flexibility index (Phi) is 3.23. The third-order valence-electron chi connectivity index (χ3n) is 2.38. The fourth-order valence-electron chi connectivity index (χ4n) is 1.60. The number of nitro groups is 1. The first-order valence-electron chi connectivity index (χ1n) is 5.40. The van der Waals surface area contributed by atoms with Crippen LogP contribution in [0.5, 0.6) is 0 Å². The number of fused-ring (bicyclic) bond motifs is 1. The SMILES string of the molecule is CCOC(=O)c1nc2ccccc2c(=O)n1[N+](=O)[O-]. The fourth-order valence-corrected chi connectivity index (χ4v) is 1.60. The van der Waals surface area contributed by atoms with Crippen LogP contribution in [0.4, 0.5) is 0 Å². The van der Waals surface area contributed by atoms with Crippen LogP contribution in [0.3, 0.4) is 0 Å². The molecule has 0 saturated carbocycles. The lowest BCUT2D eigenvalue weighted by atomic mass is 10.2. The number of hydrogen-bond acceptors (Lipinski definition) is 6. The number of nitrogens with zero attached hydrogens (tertiary/aromatic N) is 3. The summed E-state index contributed by atoms with van der Waals surface area (Å²) >= 11 is 0. The van der Waals surface area contributed by atoms with Crippen molar-refractivity contribution in [2.45, 2.75) is 6.92 Å². The molecule has 0 saturated heterocycles. The summed E-state index contributed by atoms with van der Waals surface area (Å²) in [5, 5.41) is 9.99. The van der Waals surface area contributed by atoms with Crippen LogP contribution in [0.2, 0.25) is 0 Å². The van der Waals surface area contributed by atoms with Gasteiger partial charge >= 0.3 is 11.5 Å². The number of para-hydroxylation sites is 1. The van der Waals surface area contributed by atoms with Crippen molar-refractivity contribution in [1.82, 2.24) is 9.66 Å². The lowest BCUT2D eigenvalue weighted by molar-refractivity contribution is -0.545. The summed E-state index contributed by atoms with van der Waals surface area (Å²) in [6.45, 7) is 1.58. The van der Waals surface area contributed by atoms with E-state index in [0.717, 1.165) is 0 Å². The monoisotopic (exact) mass is 263 g/mol. The van der Waals surface area contributed by atoms with Crippen LogP contribution in [0.25, 0.3) is 10.9 Å². The number of rotatable bonds is 3. The van der Waals surface area contributed by atoms with Gasteiger partial charge in [0.15, 0.2) is 5.03 Å². The van der Waals surface area contributed by atoms with E-state index >= 15 is 0 Å². The van der Waals surface area contributed by atoms with Gasteiger partial charge in [0.25, 0.3) is 5.82 Å². The van der Waals surface area contributed by atoms with Gasteiger partial charge in [-0.05, 0) is 19.1 Å². The molecule has 19 heavy (non-hydrogen) atoms. The number of aromatic nitrogens is 2. The second-order valence-corrected chi connectivity index (χ2v) is 3.53. The quantitative estimate of drug-likeness (QED) is 0.456. The predicted molar refractivity (Wildman–Crippen MR) is 64.4 cm³/mol. The highest BCUT2D eigenvalue weighted by Crippen LogP contribution is 2.08. The lowest BCUT2D eigenvalue weighted by Gasteiger charge is -2.05. The molecule has 1 aromatic heterocycles. The first-order chi connectivity index (χ1) is 9.06. The molecule has 0 unspecified atom stereocenters. The summed E-state index contributed by atoms with van der Waals surface area (Å²) < 4.78 is 4.75. The molecular weight excluding hydrogens is 254 g/mol. The molecular formula is C11H9N3O5. The highest BCUT2D eigenvalue weighted by Gasteiger charge is 2.25. The van der Waals surface area contributed by atoms with E-state index in [1.54, 1.807) is 19.1 Å². The van der Waals surface area contributed by atoms with Crippen molar-refractivity contribution >= 4 is 16.9 Å². The largest absolute Gasteiger partial charge is 0.460 e. The summed E-state index contributed by atoms with van der Waals surface area (Å²) in [5.74, 6) is -1.65. The average molecular weight is 263 g/mol. The van der Waals surface area contributed by atoms with Gasteiger partial charge in [-0.1, -0.05) is 12.1 Å². The van der Waals surface area contributed by atoms with Crippen molar-refractivity contribution < 1.29 is 14.6 Å². The van der Waals surface area contributed by atoms with Gasteiger partial charge in [-0.15, -0.1) is 0 Å².